The van der Waals surface area contributed by atoms with E-state index in [1.54, 1.807) is 21.9 Å². The summed E-state index contributed by atoms with van der Waals surface area (Å²) in [6.07, 6.45) is 0.420. The van der Waals surface area contributed by atoms with E-state index in [1.165, 1.54) is 0 Å². The van der Waals surface area contributed by atoms with Gasteiger partial charge in [-0.25, -0.2) is 0 Å². The number of hydrogen-bond donors (Lipinski definition) is 0. The van der Waals surface area contributed by atoms with Crippen molar-refractivity contribution in [1.82, 2.24) is 9.80 Å². The van der Waals surface area contributed by atoms with Gasteiger partial charge in [0.2, 0.25) is 5.91 Å². The molecule has 5 nitrogen and oxygen atoms in total. The highest BCUT2D eigenvalue weighted by Gasteiger charge is 2.25. The Hall–Kier alpha value is -2.95. The second kappa shape index (κ2) is 8.83. The van der Waals surface area contributed by atoms with Crippen molar-refractivity contribution < 1.29 is 14.4 Å². The summed E-state index contributed by atoms with van der Waals surface area (Å²) in [6, 6.07) is 14.9. The van der Waals surface area contributed by atoms with Gasteiger partial charge in [0.05, 0.1) is 0 Å². The van der Waals surface area contributed by atoms with E-state index in [1.807, 2.05) is 50.2 Å². The lowest BCUT2D eigenvalue weighted by atomic mass is 10.0. The number of Topliss-reactive ketones (excluding diaryl/α,β-unsaturated/α-hetero) is 1. The number of carbonyl (C=O) groups is 3. The lowest BCUT2D eigenvalue weighted by Crippen LogP contribution is -2.50. The molecule has 3 rings (SSSR count). The van der Waals surface area contributed by atoms with Crippen molar-refractivity contribution >= 4 is 17.6 Å². The Labute approximate surface area is 166 Å². The minimum absolute atomic E-state index is 0.00153. The molecular formula is C23H26N2O3. The molecule has 28 heavy (non-hydrogen) atoms. The molecule has 1 aliphatic rings. The van der Waals surface area contributed by atoms with Crippen molar-refractivity contribution in [1.29, 1.82) is 0 Å². The van der Waals surface area contributed by atoms with Crippen LogP contribution in [0.3, 0.4) is 0 Å². The highest BCUT2D eigenvalue weighted by molar-refractivity contribution is 5.98. The zero-order chi connectivity index (χ0) is 20.1. The Morgan fingerprint density at radius 3 is 1.68 bits per heavy atom. The number of hydrogen-bond acceptors (Lipinski definition) is 3. The maximum atomic E-state index is 12.6. The fraction of sp³-hybridized carbons (Fsp3) is 0.348. The van der Waals surface area contributed by atoms with Crippen molar-refractivity contribution in [2.45, 2.75) is 26.7 Å². The lowest BCUT2D eigenvalue weighted by Gasteiger charge is -2.35. The van der Waals surface area contributed by atoms with Crippen molar-refractivity contribution in [3.05, 3.63) is 70.8 Å². The summed E-state index contributed by atoms with van der Waals surface area (Å²) >= 11 is 0. The number of aryl methyl sites for hydroxylation is 2. The first-order valence-electron chi connectivity index (χ1n) is 9.67. The molecule has 0 radical (unpaired) electrons. The SMILES string of the molecule is Cc1ccc(C(=O)CCC(=O)N2CCN(C(=O)c3ccc(C)cc3)CC2)cc1. The molecule has 2 aromatic rings. The standard InChI is InChI=1S/C23H26N2O3/c1-17-3-7-19(8-4-17)21(26)11-12-22(27)24-13-15-25(16-14-24)23(28)20-9-5-18(2)6-10-20/h3-10H,11-16H2,1-2H3. The molecule has 2 amide bonds. The van der Waals surface area contributed by atoms with E-state index in [0.717, 1.165) is 11.1 Å². The quantitative estimate of drug-likeness (QED) is 0.751. The second-order valence-corrected chi connectivity index (χ2v) is 7.33. The van der Waals surface area contributed by atoms with Gasteiger partial charge in [0.25, 0.3) is 5.91 Å². The summed E-state index contributed by atoms with van der Waals surface area (Å²) < 4.78 is 0. The molecule has 0 saturated carbocycles. The fourth-order valence-corrected chi connectivity index (χ4v) is 3.30. The van der Waals surface area contributed by atoms with E-state index in [0.29, 0.717) is 37.3 Å². The molecule has 0 bridgehead atoms. The predicted octanol–water partition coefficient (Wildman–Crippen LogP) is 3.25. The van der Waals surface area contributed by atoms with Crippen molar-refractivity contribution in [3.8, 4) is 0 Å². The molecule has 0 N–H and O–H groups in total. The zero-order valence-corrected chi connectivity index (χ0v) is 16.5. The normalized spacial score (nSPS) is 14.1. The number of ketones is 1. The molecule has 0 spiro atoms. The minimum atomic E-state index is -0.0251. The third kappa shape index (κ3) is 4.85. The van der Waals surface area contributed by atoms with Gasteiger partial charge in [0, 0.05) is 50.1 Å². The molecule has 1 saturated heterocycles. The van der Waals surface area contributed by atoms with Gasteiger partial charge in [0.15, 0.2) is 5.78 Å². The van der Waals surface area contributed by atoms with Gasteiger partial charge >= 0.3 is 0 Å². The average Bonchev–Trinajstić information content (AvgIpc) is 2.72. The molecule has 5 heteroatoms. The third-order valence-corrected chi connectivity index (χ3v) is 5.16. The largest absolute Gasteiger partial charge is 0.339 e. The van der Waals surface area contributed by atoms with Crippen LogP contribution in [0, 0.1) is 13.8 Å². The first-order valence-corrected chi connectivity index (χ1v) is 9.67. The van der Waals surface area contributed by atoms with Gasteiger partial charge in [-0.3, -0.25) is 14.4 Å². The van der Waals surface area contributed by atoms with Gasteiger partial charge in [-0.1, -0.05) is 47.5 Å². The number of carbonyl (C=O) groups excluding carboxylic acids is 3. The highest BCUT2D eigenvalue weighted by Crippen LogP contribution is 2.13. The predicted molar refractivity (Wildman–Crippen MR) is 108 cm³/mol. The summed E-state index contributed by atoms with van der Waals surface area (Å²) in [7, 11) is 0. The van der Waals surface area contributed by atoms with Crippen LogP contribution in [0.4, 0.5) is 0 Å². The van der Waals surface area contributed by atoms with Crippen molar-refractivity contribution in [2.24, 2.45) is 0 Å². The minimum Gasteiger partial charge on any atom is -0.339 e. The molecule has 0 aromatic heterocycles. The number of benzene rings is 2. The summed E-state index contributed by atoms with van der Waals surface area (Å²) in [5.74, 6) is -0.0360. The van der Waals surface area contributed by atoms with Crippen LogP contribution < -0.4 is 0 Å². The van der Waals surface area contributed by atoms with Gasteiger partial charge in [-0.15, -0.1) is 0 Å². The molecule has 146 valence electrons. The Morgan fingerprint density at radius 2 is 1.14 bits per heavy atom. The van der Waals surface area contributed by atoms with E-state index in [4.69, 9.17) is 0 Å². The van der Waals surface area contributed by atoms with Crippen LogP contribution in [-0.4, -0.2) is 53.6 Å². The van der Waals surface area contributed by atoms with E-state index in [-0.39, 0.29) is 30.4 Å². The first kappa shape index (κ1) is 19.8. The fourth-order valence-electron chi connectivity index (χ4n) is 3.30. The van der Waals surface area contributed by atoms with Gasteiger partial charge < -0.3 is 9.80 Å². The topological polar surface area (TPSA) is 57.7 Å². The Morgan fingerprint density at radius 1 is 0.679 bits per heavy atom. The van der Waals surface area contributed by atoms with Crippen LogP contribution in [0.2, 0.25) is 0 Å². The van der Waals surface area contributed by atoms with Gasteiger partial charge in [0.1, 0.15) is 0 Å². The molecule has 0 atom stereocenters. The van der Waals surface area contributed by atoms with Crippen LogP contribution in [0.25, 0.3) is 0 Å². The molecule has 0 aliphatic carbocycles. The van der Waals surface area contributed by atoms with E-state index in [2.05, 4.69) is 0 Å². The second-order valence-electron chi connectivity index (χ2n) is 7.33. The van der Waals surface area contributed by atoms with Crippen molar-refractivity contribution in [3.63, 3.8) is 0 Å². The van der Waals surface area contributed by atoms with Crippen LogP contribution in [-0.2, 0) is 4.79 Å². The number of amides is 2. The monoisotopic (exact) mass is 378 g/mol. The molecule has 1 aliphatic heterocycles. The molecule has 1 fully saturated rings. The maximum Gasteiger partial charge on any atom is 0.253 e. The zero-order valence-electron chi connectivity index (χ0n) is 16.5. The van der Waals surface area contributed by atoms with Gasteiger partial charge in [-0.05, 0) is 26.0 Å². The third-order valence-electron chi connectivity index (χ3n) is 5.16. The molecule has 1 heterocycles. The lowest BCUT2D eigenvalue weighted by molar-refractivity contribution is -0.132. The van der Waals surface area contributed by atoms with Crippen LogP contribution in [0.1, 0.15) is 44.7 Å². The van der Waals surface area contributed by atoms with E-state index >= 15 is 0 Å². The summed E-state index contributed by atoms with van der Waals surface area (Å²) in [5.41, 5.74) is 3.54. The summed E-state index contributed by atoms with van der Waals surface area (Å²) in [4.78, 5) is 40.8. The maximum absolute atomic E-state index is 12.6. The first-order chi connectivity index (χ1) is 13.4. The number of piperazine rings is 1. The molecular weight excluding hydrogens is 352 g/mol. The molecule has 0 unspecified atom stereocenters. The summed E-state index contributed by atoms with van der Waals surface area (Å²) in [6.45, 7) is 6.02. The van der Waals surface area contributed by atoms with Crippen molar-refractivity contribution in [2.75, 3.05) is 26.2 Å². The van der Waals surface area contributed by atoms with Gasteiger partial charge in [-0.2, -0.15) is 0 Å². The number of rotatable bonds is 5. The average molecular weight is 378 g/mol. The van der Waals surface area contributed by atoms with Crippen LogP contribution in [0.15, 0.2) is 48.5 Å². The highest BCUT2D eigenvalue weighted by atomic mass is 16.2. The smallest absolute Gasteiger partial charge is 0.253 e. The van der Waals surface area contributed by atoms with Crippen LogP contribution >= 0.6 is 0 Å². The summed E-state index contributed by atoms with van der Waals surface area (Å²) in [5, 5.41) is 0. The Bertz CT molecular complexity index is 848. The van der Waals surface area contributed by atoms with Crippen LogP contribution in [0.5, 0.6) is 0 Å². The van der Waals surface area contributed by atoms with E-state index in [9.17, 15) is 14.4 Å². The Kier molecular flexibility index (Phi) is 6.24. The number of nitrogens with zero attached hydrogens (tertiary/aromatic N) is 2. The van der Waals surface area contributed by atoms with E-state index < -0.39 is 0 Å². The molecule has 2 aromatic carbocycles. The Balaban J connectivity index is 1.47.